The molecule has 4 heterocycles. The summed E-state index contributed by atoms with van der Waals surface area (Å²) in [7, 11) is 3.91. The first kappa shape index (κ1) is 26.2. The average molecular weight is 547 g/mol. The van der Waals surface area contributed by atoms with Crippen LogP contribution in [-0.2, 0) is 17.8 Å². The van der Waals surface area contributed by atoms with E-state index in [4.69, 9.17) is 4.98 Å². The quantitative estimate of drug-likeness (QED) is 0.357. The number of aryl methyl sites for hydroxylation is 1. The third-order valence-electron chi connectivity index (χ3n) is 7.80. The summed E-state index contributed by atoms with van der Waals surface area (Å²) < 4.78 is 32.1. The van der Waals surface area contributed by atoms with Crippen LogP contribution < -0.4 is 5.32 Å². The van der Waals surface area contributed by atoms with Crippen LogP contribution in [0.3, 0.4) is 0 Å². The molecule has 6 rings (SSSR count). The summed E-state index contributed by atoms with van der Waals surface area (Å²) in [5.74, 6) is 0.406. The summed E-state index contributed by atoms with van der Waals surface area (Å²) in [6.07, 6.45) is 5.38. The number of carbonyl (C=O) groups excluding carboxylic acids is 1. The van der Waals surface area contributed by atoms with E-state index in [2.05, 4.69) is 24.8 Å². The Kier molecular flexibility index (Phi) is 6.91. The maximum atomic E-state index is 15.1. The van der Waals surface area contributed by atoms with Gasteiger partial charge < -0.3 is 19.7 Å². The molecule has 3 aromatic heterocycles. The number of pyridine rings is 1. The fourth-order valence-electron chi connectivity index (χ4n) is 5.43. The molecule has 0 atom stereocenters. The van der Waals surface area contributed by atoms with Crippen molar-refractivity contribution in [2.24, 2.45) is 0 Å². The number of fused-ring (bicyclic) bond motifs is 2. The number of benzene rings is 1. The van der Waals surface area contributed by atoms with Gasteiger partial charge in [-0.3, -0.25) is 4.79 Å². The van der Waals surface area contributed by atoms with Gasteiger partial charge in [-0.1, -0.05) is 6.07 Å². The summed E-state index contributed by atoms with van der Waals surface area (Å²) in [6, 6.07) is 7.05. The van der Waals surface area contributed by atoms with E-state index in [1.54, 1.807) is 12.1 Å². The first-order valence-electron chi connectivity index (χ1n) is 13.7. The van der Waals surface area contributed by atoms with Gasteiger partial charge in [-0.05, 0) is 64.0 Å². The van der Waals surface area contributed by atoms with E-state index < -0.39 is 11.6 Å². The number of hydrogen-bond acceptors (Lipinski definition) is 7. The van der Waals surface area contributed by atoms with Crippen molar-refractivity contribution < 1.29 is 13.6 Å². The fraction of sp³-hybridized carbons (Fsp3) is 0.414. The molecule has 1 aliphatic heterocycles. The highest BCUT2D eigenvalue weighted by Gasteiger charge is 2.26. The van der Waals surface area contributed by atoms with Crippen molar-refractivity contribution in [2.45, 2.75) is 51.6 Å². The SMILES string of the molecule is Cc1nc2c(F)cc(-c3nc(Nc4ccc5c(n4)CCN(C(=O)CCN(C)C)C5)ncc3F)cc2n1C1CCC1. The summed E-state index contributed by atoms with van der Waals surface area (Å²) in [4.78, 5) is 34.0. The molecule has 4 aromatic rings. The molecule has 0 radical (unpaired) electrons. The zero-order valence-electron chi connectivity index (χ0n) is 22.9. The maximum absolute atomic E-state index is 15.1. The number of nitrogens with zero attached hydrogens (tertiary/aromatic N) is 7. The third-order valence-corrected chi connectivity index (χ3v) is 7.80. The molecule has 11 heteroatoms. The first-order valence-corrected chi connectivity index (χ1v) is 13.7. The summed E-state index contributed by atoms with van der Waals surface area (Å²) in [6.45, 7) is 3.72. The molecule has 0 unspecified atom stereocenters. The number of hydrogen-bond donors (Lipinski definition) is 1. The van der Waals surface area contributed by atoms with E-state index in [9.17, 15) is 9.18 Å². The van der Waals surface area contributed by atoms with Crippen LogP contribution in [0.5, 0.6) is 0 Å². The molecule has 1 aliphatic carbocycles. The summed E-state index contributed by atoms with van der Waals surface area (Å²) in [5, 5.41) is 3.06. The molecular formula is C29H32F2N8O. The smallest absolute Gasteiger partial charge is 0.229 e. The summed E-state index contributed by atoms with van der Waals surface area (Å²) in [5.41, 5.74) is 3.16. The Hall–Kier alpha value is -3.99. The lowest BCUT2D eigenvalue weighted by molar-refractivity contribution is -0.132. The number of imidazole rings is 1. The van der Waals surface area contributed by atoms with E-state index in [0.717, 1.165) is 42.5 Å². The van der Waals surface area contributed by atoms with Gasteiger partial charge in [0.1, 0.15) is 22.9 Å². The Labute approximate surface area is 231 Å². The van der Waals surface area contributed by atoms with Crippen LogP contribution in [0.4, 0.5) is 20.5 Å². The average Bonchev–Trinajstić information content (AvgIpc) is 3.23. The molecule has 1 fully saturated rings. The number of amides is 1. The van der Waals surface area contributed by atoms with Crippen LogP contribution in [-0.4, -0.2) is 67.4 Å². The van der Waals surface area contributed by atoms with E-state index in [1.165, 1.54) is 6.07 Å². The van der Waals surface area contributed by atoms with E-state index in [1.807, 2.05) is 36.9 Å². The first-order chi connectivity index (χ1) is 19.3. The molecule has 40 heavy (non-hydrogen) atoms. The standard InChI is InChI=1S/C29H32F2N8O/c1-17-33-28-21(30)13-19(14-24(28)39(17)20-5-4-6-20)27-22(31)15-32-29(36-27)35-25-8-7-18-16-38(12-9-23(18)34-25)26(40)10-11-37(2)3/h7-8,13-15,20H,4-6,9-12,16H2,1-3H3,(H,32,34,35,36). The Morgan fingerprint density at radius 3 is 2.70 bits per heavy atom. The van der Waals surface area contributed by atoms with Gasteiger partial charge in [0.05, 0.1) is 11.7 Å². The minimum atomic E-state index is -0.645. The molecule has 1 aromatic carbocycles. The highest BCUT2D eigenvalue weighted by molar-refractivity contribution is 5.83. The lowest BCUT2D eigenvalue weighted by Crippen LogP contribution is -2.37. The van der Waals surface area contributed by atoms with E-state index in [-0.39, 0.29) is 29.1 Å². The van der Waals surface area contributed by atoms with Gasteiger partial charge in [0.25, 0.3) is 0 Å². The number of carbonyl (C=O) groups is 1. The van der Waals surface area contributed by atoms with Crippen molar-refractivity contribution in [3.63, 3.8) is 0 Å². The van der Waals surface area contributed by atoms with Crippen molar-refractivity contribution in [3.8, 4) is 11.3 Å². The highest BCUT2D eigenvalue weighted by Crippen LogP contribution is 2.37. The Bertz CT molecular complexity index is 1600. The second kappa shape index (κ2) is 10.5. The van der Waals surface area contributed by atoms with Gasteiger partial charge in [-0.15, -0.1) is 0 Å². The highest BCUT2D eigenvalue weighted by atomic mass is 19.1. The largest absolute Gasteiger partial charge is 0.338 e. The third kappa shape index (κ3) is 5.01. The van der Waals surface area contributed by atoms with Gasteiger partial charge in [0.15, 0.2) is 11.6 Å². The molecule has 208 valence electrons. The topological polar surface area (TPSA) is 92.1 Å². The van der Waals surface area contributed by atoms with Crippen LogP contribution in [0.2, 0.25) is 0 Å². The van der Waals surface area contributed by atoms with Gasteiger partial charge in [0, 0.05) is 49.8 Å². The molecule has 0 saturated heterocycles. The molecule has 0 bridgehead atoms. The van der Waals surface area contributed by atoms with Crippen LogP contribution in [0.15, 0.2) is 30.5 Å². The molecule has 1 N–H and O–H groups in total. The van der Waals surface area contributed by atoms with Crippen LogP contribution >= 0.6 is 0 Å². The number of aromatic nitrogens is 5. The summed E-state index contributed by atoms with van der Waals surface area (Å²) >= 11 is 0. The Balaban J connectivity index is 1.24. The van der Waals surface area contributed by atoms with Crippen molar-refractivity contribution in [3.05, 3.63) is 59.2 Å². The van der Waals surface area contributed by atoms with Gasteiger partial charge in [0.2, 0.25) is 11.9 Å². The molecular weight excluding hydrogens is 514 g/mol. The zero-order valence-corrected chi connectivity index (χ0v) is 22.9. The molecule has 1 amide bonds. The second-order valence-electron chi connectivity index (χ2n) is 10.9. The minimum Gasteiger partial charge on any atom is -0.338 e. The minimum absolute atomic E-state index is 0.00199. The molecule has 1 saturated carbocycles. The predicted molar refractivity (Wildman–Crippen MR) is 148 cm³/mol. The maximum Gasteiger partial charge on any atom is 0.229 e. The normalized spacial score (nSPS) is 15.4. The molecule has 0 spiro atoms. The number of halogens is 2. The monoisotopic (exact) mass is 546 g/mol. The van der Waals surface area contributed by atoms with Crippen molar-refractivity contribution in [2.75, 3.05) is 32.5 Å². The van der Waals surface area contributed by atoms with Gasteiger partial charge in [-0.2, -0.15) is 0 Å². The Morgan fingerprint density at radius 1 is 1.12 bits per heavy atom. The van der Waals surface area contributed by atoms with Crippen molar-refractivity contribution in [1.29, 1.82) is 0 Å². The van der Waals surface area contributed by atoms with Gasteiger partial charge in [-0.25, -0.2) is 28.7 Å². The Morgan fingerprint density at radius 2 is 1.95 bits per heavy atom. The van der Waals surface area contributed by atoms with Crippen LogP contribution in [0.1, 0.15) is 48.8 Å². The molecule has 2 aliphatic rings. The number of rotatable bonds is 7. The predicted octanol–water partition coefficient (Wildman–Crippen LogP) is 4.78. The zero-order chi connectivity index (χ0) is 28.0. The van der Waals surface area contributed by atoms with Crippen molar-refractivity contribution >= 4 is 28.7 Å². The lowest BCUT2D eigenvalue weighted by Gasteiger charge is -2.29. The number of nitrogens with one attached hydrogen (secondary N) is 1. The fourth-order valence-corrected chi connectivity index (χ4v) is 5.43. The van der Waals surface area contributed by atoms with E-state index in [0.29, 0.717) is 49.4 Å². The van der Waals surface area contributed by atoms with Crippen LogP contribution in [0.25, 0.3) is 22.3 Å². The lowest BCUT2D eigenvalue weighted by atomic mass is 9.92. The van der Waals surface area contributed by atoms with E-state index >= 15 is 4.39 Å². The van der Waals surface area contributed by atoms with Gasteiger partial charge >= 0.3 is 0 Å². The second-order valence-corrected chi connectivity index (χ2v) is 10.9. The van der Waals surface area contributed by atoms with Crippen molar-refractivity contribution in [1.82, 2.24) is 34.3 Å². The molecule has 9 nitrogen and oxygen atoms in total. The van der Waals surface area contributed by atoms with Crippen LogP contribution in [0, 0.1) is 18.6 Å². The number of anilines is 2.